The molecule has 0 bridgehead atoms. The number of aromatic nitrogens is 2. The number of hydrogen-bond acceptors (Lipinski definition) is 2. The summed E-state index contributed by atoms with van der Waals surface area (Å²) in [5.41, 5.74) is 0.897. The van der Waals surface area contributed by atoms with Gasteiger partial charge in [-0.3, -0.25) is 4.68 Å². The topological polar surface area (TPSA) is 38.1 Å². The molecule has 1 atom stereocenters. The summed E-state index contributed by atoms with van der Waals surface area (Å²) in [4.78, 5) is 0. The fourth-order valence-corrected chi connectivity index (χ4v) is 1.57. The number of aliphatic hydroxyl groups excluding tert-OH is 1. The molecule has 1 unspecified atom stereocenters. The SMILES string of the molecule is C#CCCCC(O)c1ccnn1CCC. The highest BCUT2D eigenvalue weighted by atomic mass is 16.3. The van der Waals surface area contributed by atoms with E-state index in [1.807, 2.05) is 10.7 Å². The zero-order valence-electron chi connectivity index (χ0n) is 9.19. The van der Waals surface area contributed by atoms with Crippen LogP contribution in [0.2, 0.25) is 0 Å². The highest BCUT2D eigenvalue weighted by Gasteiger charge is 2.11. The van der Waals surface area contributed by atoms with E-state index in [0.29, 0.717) is 6.42 Å². The van der Waals surface area contributed by atoms with Crippen molar-refractivity contribution in [3.05, 3.63) is 18.0 Å². The van der Waals surface area contributed by atoms with E-state index in [4.69, 9.17) is 6.42 Å². The Balaban J connectivity index is 2.53. The maximum Gasteiger partial charge on any atom is 0.0957 e. The van der Waals surface area contributed by atoms with E-state index >= 15 is 0 Å². The molecule has 1 heterocycles. The predicted molar refractivity (Wildman–Crippen MR) is 60.2 cm³/mol. The number of hydrogen-bond donors (Lipinski definition) is 1. The Labute approximate surface area is 91.1 Å². The minimum Gasteiger partial charge on any atom is -0.387 e. The summed E-state index contributed by atoms with van der Waals surface area (Å²) in [6.07, 6.45) is 9.76. The van der Waals surface area contributed by atoms with Crippen LogP contribution in [0.1, 0.15) is 44.4 Å². The van der Waals surface area contributed by atoms with E-state index < -0.39 is 6.10 Å². The van der Waals surface area contributed by atoms with Crippen LogP contribution < -0.4 is 0 Å². The molecule has 0 spiro atoms. The van der Waals surface area contributed by atoms with Gasteiger partial charge >= 0.3 is 0 Å². The van der Waals surface area contributed by atoms with Crippen LogP contribution in [0.4, 0.5) is 0 Å². The number of aryl methyl sites for hydroxylation is 1. The van der Waals surface area contributed by atoms with Gasteiger partial charge in [0, 0.05) is 19.2 Å². The molecule has 0 saturated carbocycles. The molecule has 1 aromatic heterocycles. The van der Waals surface area contributed by atoms with Crippen molar-refractivity contribution in [2.45, 2.75) is 45.3 Å². The minimum absolute atomic E-state index is 0.438. The number of rotatable bonds is 6. The predicted octanol–water partition coefficient (Wildman–Crippen LogP) is 2.13. The van der Waals surface area contributed by atoms with Gasteiger partial charge in [0.1, 0.15) is 0 Å². The third-order valence-electron chi connectivity index (χ3n) is 2.32. The number of terminal acetylenes is 1. The van der Waals surface area contributed by atoms with E-state index in [9.17, 15) is 5.11 Å². The minimum atomic E-state index is -0.438. The second-order valence-corrected chi connectivity index (χ2v) is 3.59. The first-order valence-corrected chi connectivity index (χ1v) is 5.42. The van der Waals surface area contributed by atoms with Crippen molar-refractivity contribution < 1.29 is 5.11 Å². The number of unbranched alkanes of at least 4 members (excludes halogenated alkanes) is 1. The van der Waals surface area contributed by atoms with Crippen molar-refractivity contribution in [2.75, 3.05) is 0 Å². The molecule has 3 nitrogen and oxygen atoms in total. The lowest BCUT2D eigenvalue weighted by Gasteiger charge is -2.12. The van der Waals surface area contributed by atoms with Crippen molar-refractivity contribution in [2.24, 2.45) is 0 Å². The van der Waals surface area contributed by atoms with Gasteiger partial charge in [0.25, 0.3) is 0 Å². The van der Waals surface area contributed by atoms with E-state index in [0.717, 1.165) is 31.5 Å². The molecule has 15 heavy (non-hydrogen) atoms. The Morgan fingerprint density at radius 3 is 3.13 bits per heavy atom. The average molecular weight is 206 g/mol. The largest absolute Gasteiger partial charge is 0.387 e. The van der Waals surface area contributed by atoms with Crippen molar-refractivity contribution in [1.82, 2.24) is 9.78 Å². The molecule has 0 amide bonds. The summed E-state index contributed by atoms with van der Waals surface area (Å²) in [5, 5.41) is 14.1. The fourth-order valence-electron chi connectivity index (χ4n) is 1.57. The van der Waals surface area contributed by atoms with Gasteiger partial charge in [0.05, 0.1) is 11.8 Å². The Bertz CT molecular complexity index is 325. The summed E-state index contributed by atoms with van der Waals surface area (Å²) < 4.78 is 1.86. The Kier molecular flexibility index (Phi) is 4.92. The first kappa shape index (κ1) is 11.8. The normalized spacial score (nSPS) is 12.3. The van der Waals surface area contributed by atoms with E-state index in [-0.39, 0.29) is 0 Å². The molecule has 0 fully saturated rings. The quantitative estimate of drug-likeness (QED) is 0.572. The lowest BCUT2D eigenvalue weighted by Crippen LogP contribution is -2.09. The van der Waals surface area contributed by atoms with Crippen LogP contribution in [0, 0.1) is 12.3 Å². The Hall–Kier alpha value is -1.27. The van der Waals surface area contributed by atoms with Gasteiger partial charge in [-0.2, -0.15) is 5.10 Å². The van der Waals surface area contributed by atoms with Crippen LogP contribution in [-0.2, 0) is 6.54 Å². The van der Waals surface area contributed by atoms with Gasteiger partial charge < -0.3 is 5.11 Å². The lowest BCUT2D eigenvalue weighted by atomic mass is 10.1. The molecule has 82 valence electrons. The van der Waals surface area contributed by atoms with Crippen LogP contribution >= 0.6 is 0 Å². The van der Waals surface area contributed by atoms with Crippen LogP contribution in [0.3, 0.4) is 0 Å². The summed E-state index contributed by atoms with van der Waals surface area (Å²) in [5.74, 6) is 2.57. The standard InChI is InChI=1S/C12H18N2O/c1-3-5-6-7-12(15)11-8-9-13-14(11)10-4-2/h1,8-9,12,15H,4-7,10H2,2H3. The lowest BCUT2D eigenvalue weighted by molar-refractivity contribution is 0.154. The van der Waals surface area contributed by atoms with Crippen LogP contribution in [0.25, 0.3) is 0 Å². The highest BCUT2D eigenvalue weighted by Crippen LogP contribution is 2.18. The van der Waals surface area contributed by atoms with Crippen molar-refractivity contribution in [1.29, 1.82) is 0 Å². The maximum atomic E-state index is 9.91. The summed E-state index contributed by atoms with van der Waals surface area (Å²) in [6.45, 7) is 2.95. The second-order valence-electron chi connectivity index (χ2n) is 3.59. The second kappa shape index (κ2) is 6.26. The van der Waals surface area contributed by atoms with E-state index in [1.54, 1.807) is 6.20 Å². The first-order valence-electron chi connectivity index (χ1n) is 5.42. The van der Waals surface area contributed by atoms with E-state index in [1.165, 1.54) is 0 Å². The van der Waals surface area contributed by atoms with Crippen LogP contribution in [0.5, 0.6) is 0 Å². The molecule has 3 heteroatoms. The molecule has 1 aromatic rings. The summed E-state index contributed by atoms with van der Waals surface area (Å²) >= 11 is 0. The zero-order valence-corrected chi connectivity index (χ0v) is 9.19. The van der Waals surface area contributed by atoms with Crippen molar-refractivity contribution in [3.8, 4) is 12.3 Å². The van der Waals surface area contributed by atoms with Gasteiger partial charge in [-0.15, -0.1) is 12.3 Å². The monoisotopic (exact) mass is 206 g/mol. The van der Waals surface area contributed by atoms with Gasteiger partial charge in [-0.25, -0.2) is 0 Å². The van der Waals surface area contributed by atoms with Crippen LogP contribution in [-0.4, -0.2) is 14.9 Å². The smallest absolute Gasteiger partial charge is 0.0957 e. The van der Waals surface area contributed by atoms with E-state index in [2.05, 4.69) is 17.9 Å². The average Bonchev–Trinajstić information content (AvgIpc) is 2.67. The molecule has 0 aliphatic heterocycles. The highest BCUT2D eigenvalue weighted by molar-refractivity contribution is 5.04. The van der Waals surface area contributed by atoms with Crippen LogP contribution in [0.15, 0.2) is 12.3 Å². The van der Waals surface area contributed by atoms with Crippen molar-refractivity contribution >= 4 is 0 Å². The third kappa shape index (κ3) is 3.41. The fraction of sp³-hybridized carbons (Fsp3) is 0.583. The van der Waals surface area contributed by atoms with Gasteiger partial charge in [-0.1, -0.05) is 6.92 Å². The molecule has 1 rings (SSSR count). The van der Waals surface area contributed by atoms with Gasteiger partial charge in [-0.05, 0) is 25.3 Å². The molecule has 0 aliphatic carbocycles. The Morgan fingerprint density at radius 1 is 1.67 bits per heavy atom. The Morgan fingerprint density at radius 2 is 2.47 bits per heavy atom. The molecule has 0 radical (unpaired) electrons. The molecular weight excluding hydrogens is 188 g/mol. The molecular formula is C12H18N2O. The molecule has 1 N–H and O–H groups in total. The summed E-state index contributed by atoms with van der Waals surface area (Å²) in [7, 11) is 0. The van der Waals surface area contributed by atoms with Gasteiger partial charge in [0.15, 0.2) is 0 Å². The summed E-state index contributed by atoms with van der Waals surface area (Å²) in [6, 6.07) is 1.87. The third-order valence-corrected chi connectivity index (χ3v) is 2.32. The number of aliphatic hydroxyl groups is 1. The number of nitrogens with zero attached hydrogens (tertiary/aromatic N) is 2. The first-order chi connectivity index (χ1) is 7.29. The van der Waals surface area contributed by atoms with Crippen molar-refractivity contribution in [3.63, 3.8) is 0 Å². The van der Waals surface area contributed by atoms with Gasteiger partial charge in [0.2, 0.25) is 0 Å². The molecule has 0 saturated heterocycles. The maximum absolute atomic E-state index is 9.91. The molecule has 0 aromatic carbocycles. The zero-order chi connectivity index (χ0) is 11.1. The molecule has 0 aliphatic rings.